The smallest absolute Gasteiger partial charge is 0.333 e. The van der Waals surface area contributed by atoms with E-state index in [2.05, 4.69) is 63.0 Å². The Hall–Kier alpha value is -3.16. The van der Waals surface area contributed by atoms with Crippen LogP contribution < -0.4 is 16.0 Å². The highest BCUT2D eigenvalue weighted by Crippen LogP contribution is 2.11. The summed E-state index contributed by atoms with van der Waals surface area (Å²) in [5, 5.41) is 8.37. The summed E-state index contributed by atoms with van der Waals surface area (Å²) in [6, 6.07) is 0. The lowest BCUT2D eigenvalue weighted by atomic mass is 10.1. The van der Waals surface area contributed by atoms with Crippen molar-refractivity contribution < 1.29 is 23.9 Å². The largest absolute Gasteiger partial charge is 0.462 e. The number of carbonyl (C=O) groups excluding carboxylic acids is 4. The molecular formula is C50H95N3O5. The highest BCUT2D eigenvalue weighted by Gasteiger charge is 2.10. The van der Waals surface area contributed by atoms with Crippen molar-refractivity contribution in [3.8, 4) is 0 Å². The molecule has 0 aromatic heterocycles. The van der Waals surface area contributed by atoms with E-state index in [1.807, 2.05) is 20.8 Å². The van der Waals surface area contributed by atoms with Crippen LogP contribution in [0.5, 0.6) is 0 Å². The quantitative estimate of drug-likeness (QED) is 0.0347. The summed E-state index contributed by atoms with van der Waals surface area (Å²) in [6.07, 6.45) is 36.3. The Morgan fingerprint density at radius 3 is 1.10 bits per heavy atom. The number of hydrogen-bond acceptors (Lipinski definition) is 5. The van der Waals surface area contributed by atoms with Crippen LogP contribution in [0, 0.1) is 0 Å². The van der Waals surface area contributed by atoms with Crippen molar-refractivity contribution in [1.82, 2.24) is 16.0 Å². The molecule has 0 saturated carbocycles. The van der Waals surface area contributed by atoms with Gasteiger partial charge in [-0.3, -0.25) is 14.4 Å². The Kier molecular flexibility index (Phi) is 51.1. The van der Waals surface area contributed by atoms with Crippen LogP contribution in [0.1, 0.15) is 222 Å². The number of esters is 1. The van der Waals surface area contributed by atoms with Crippen LogP contribution in [-0.4, -0.2) is 48.9 Å². The third-order valence-corrected chi connectivity index (χ3v) is 8.98. The second kappa shape index (κ2) is 48.2. The number of ether oxygens (including phenoxy) is 1. The standard InChI is InChI=1S/C16H31NO.C14H26O2.C13H25NO.C7H13NO/c1-4-5-6-7-8-9-10-11-12-13-14-17-16(18)15(2)3;1-4-5-6-7-8-9-10-11-12-16-14(15)13(2)3;1-3-5-6-7-8-9-10-11-12-14-13(15)4-2;1-5-6(9)8-7(2,3)4/h2,4-14H2,1,3H3,(H,17,18);2,4-12H2,1,3H3;4H,2-3,5-12H2,1H3,(H,14,15);5H,1H2,2-4H3,(H,8,9). The molecule has 0 fully saturated rings. The summed E-state index contributed by atoms with van der Waals surface area (Å²) in [5.74, 6) is -0.450. The number of hydrogen-bond donors (Lipinski definition) is 3. The van der Waals surface area contributed by atoms with Crippen LogP contribution in [0.15, 0.2) is 49.6 Å². The minimum Gasteiger partial charge on any atom is -0.462 e. The minimum atomic E-state index is -0.261. The molecule has 0 rings (SSSR count). The zero-order valence-electron chi connectivity index (χ0n) is 39.5. The molecule has 0 radical (unpaired) electrons. The molecular weight excluding hydrogens is 723 g/mol. The van der Waals surface area contributed by atoms with E-state index in [-0.39, 0.29) is 29.2 Å². The van der Waals surface area contributed by atoms with Crippen LogP contribution in [-0.2, 0) is 23.9 Å². The van der Waals surface area contributed by atoms with Crippen LogP contribution in [0.2, 0.25) is 0 Å². The van der Waals surface area contributed by atoms with Gasteiger partial charge in [0.25, 0.3) is 0 Å². The summed E-state index contributed by atoms with van der Waals surface area (Å²) in [4.78, 5) is 43.6. The van der Waals surface area contributed by atoms with Gasteiger partial charge < -0.3 is 20.7 Å². The Balaban J connectivity index is -0.000000343. The maximum Gasteiger partial charge on any atom is 0.333 e. The number of amides is 3. The lowest BCUT2D eigenvalue weighted by Crippen LogP contribution is -2.39. The van der Waals surface area contributed by atoms with Crippen molar-refractivity contribution in [1.29, 1.82) is 0 Å². The predicted molar refractivity (Wildman–Crippen MR) is 252 cm³/mol. The predicted octanol–water partition coefficient (Wildman–Crippen LogP) is 13.4. The summed E-state index contributed by atoms with van der Waals surface area (Å²) < 4.78 is 5.01. The van der Waals surface area contributed by atoms with E-state index in [0.29, 0.717) is 17.8 Å². The number of nitrogens with one attached hydrogen (secondary N) is 3. The van der Waals surface area contributed by atoms with Crippen molar-refractivity contribution >= 4 is 23.7 Å². The first-order valence-corrected chi connectivity index (χ1v) is 23.2. The highest BCUT2D eigenvalue weighted by molar-refractivity contribution is 5.92. The highest BCUT2D eigenvalue weighted by atomic mass is 16.5. The average Bonchev–Trinajstić information content (AvgIpc) is 3.18. The average molecular weight is 818 g/mol. The zero-order valence-corrected chi connectivity index (χ0v) is 39.5. The van der Waals surface area contributed by atoms with Gasteiger partial charge in [0.1, 0.15) is 0 Å². The third kappa shape index (κ3) is 59.5. The molecule has 0 aliphatic heterocycles. The molecule has 340 valence electrons. The van der Waals surface area contributed by atoms with E-state index in [0.717, 1.165) is 38.8 Å². The van der Waals surface area contributed by atoms with Crippen molar-refractivity contribution in [3.63, 3.8) is 0 Å². The summed E-state index contributed by atoms with van der Waals surface area (Å²) in [7, 11) is 0. The maximum absolute atomic E-state index is 11.2. The van der Waals surface area contributed by atoms with Crippen LogP contribution >= 0.6 is 0 Å². The molecule has 0 unspecified atom stereocenters. The molecule has 0 aliphatic rings. The molecule has 3 amide bonds. The van der Waals surface area contributed by atoms with E-state index in [4.69, 9.17) is 4.74 Å². The van der Waals surface area contributed by atoms with Crippen LogP contribution in [0.3, 0.4) is 0 Å². The van der Waals surface area contributed by atoms with Gasteiger partial charge in [-0.25, -0.2) is 4.79 Å². The van der Waals surface area contributed by atoms with Gasteiger partial charge in [0, 0.05) is 29.8 Å². The van der Waals surface area contributed by atoms with E-state index < -0.39 is 0 Å². The van der Waals surface area contributed by atoms with Crippen molar-refractivity contribution in [2.24, 2.45) is 0 Å². The van der Waals surface area contributed by atoms with Gasteiger partial charge in [-0.05, 0) is 66.0 Å². The van der Waals surface area contributed by atoms with Gasteiger partial charge in [0.05, 0.1) is 6.61 Å². The second-order valence-corrected chi connectivity index (χ2v) is 16.5. The van der Waals surface area contributed by atoms with Gasteiger partial charge in [0.2, 0.25) is 17.7 Å². The normalized spacial score (nSPS) is 10.2. The molecule has 3 N–H and O–H groups in total. The number of unbranched alkanes of at least 4 members (excludes halogenated alkanes) is 23. The van der Waals surface area contributed by atoms with Gasteiger partial charge in [0.15, 0.2) is 0 Å². The Labute approximate surface area is 359 Å². The molecule has 0 aromatic carbocycles. The van der Waals surface area contributed by atoms with E-state index in [1.54, 1.807) is 13.8 Å². The number of carbonyl (C=O) groups is 4. The summed E-state index contributed by atoms with van der Waals surface area (Å²) >= 11 is 0. The van der Waals surface area contributed by atoms with Crippen molar-refractivity contribution in [2.45, 2.75) is 228 Å². The van der Waals surface area contributed by atoms with Gasteiger partial charge in [-0.15, -0.1) is 0 Å². The molecule has 8 nitrogen and oxygen atoms in total. The Morgan fingerprint density at radius 1 is 0.483 bits per heavy atom. The minimum absolute atomic E-state index is 0.00840. The monoisotopic (exact) mass is 818 g/mol. The van der Waals surface area contributed by atoms with E-state index in [1.165, 1.54) is 153 Å². The van der Waals surface area contributed by atoms with Crippen LogP contribution in [0.4, 0.5) is 0 Å². The molecule has 0 bridgehead atoms. The first-order valence-electron chi connectivity index (χ1n) is 23.2. The van der Waals surface area contributed by atoms with Crippen molar-refractivity contribution in [2.75, 3.05) is 19.7 Å². The van der Waals surface area contributed by atoms with Gasteiger partial charge in [-0.2, -0.15) is 0 Å². The Bertz CT molecular complexity index is 1030. The van der Waals surface area contributed by atoms with Gasteiger partial charge >= 0.3 is 5.97 Å². The zero-order chi connectivity index (χ0) is 44.7. The lowest BCUT2D eigenvalue weighted by molar-refractivity contribution is -0.139. The maximum atomic E-state index is 11.2. The second-order valence-electron chi connectivity index (χ2n) is 16.5. The topological polar surface area (TPSA) is 114 Å². The fourth-order valence-corrected chi connectivity index (χ4v) is 5.45. The van der Waals surface area contributed by atoms with E-state index >= 15 is 0 Å². The van der Waals surface area contributed by atoms with E-state index in [9.17, 15) is 19.2 Å². The number of rotatable bonds is 33. The molecule has 0 spiro atoms. The SMILES string of the molecule is C=C(C)C(=O)NCCCCCCCCCCCC.C=C(C)C(=O)OCCCCCCCCCC.C=CC(=O)NC(C)(C)C.C=CC(=O)NCCCCCCCCCC. The lowest BCUT2D eigenvalue weighted by Gasteiger charge is -2.18. The molecule has 0 saturated heterocycles. The fourth-order valence-electron chi connectivity index (χ4n) is 5.45. The molecule has 0 aliphatic carbocycles. The van der Waals surface area contributed by atoms with Crippen molar-refractivity contribution in [3.05, 3.63) is 49.6 Å². The summed E-state index contributed by atoms with van der Waals surface area (Å²) in [6.45, 7) is 31.9. The Morgan fingerprint density at radius 2 is 0.810 bits per heavy atom. The first-order chi connectivity index (χ1) is 27.6. The summed E-state index contributed by atoms with van der Waals surface area (Å²) in [5.41, 5.74) is 0.937. The molecule has 0 aromatic rings. The molecule has 8 heteroatoms. The molecule has 58 heavy (non-hydrogen) atoms. The fraction of sp³-hybridized carbons (Fsp3) is 0.760. The molecule has 0 atom stereocenters. The van der Waals surface area contributed by atoms with Gasteiger partial charge in [-0.1, -0.05) is 195 Å². The third-order valence-electron chi connectivity index (χ3n) is 8.98. The van der Waals surface area contributed by atoms with Crippen LogP contribution in [0.25, 0.3) is 0 Å². The molecule has 0 heterocycles. The first kappa shape index (κ1) is 61.5.